The van der Waals surface area contributed by atoms with Crippen LogP contribution in [-0.4, -0.2) is 39.2 Å². The van der Waals surface area contributed by atoms with Crippen molar-refractivity contribution >= 4 is 5.57 Å². The van der Waals surface area contributed by atoms with Crippen LogP contribution in [-0.2, 0) is 0 Å². The van der Waals surface area contributed by atoms with Gasteiger partial charge in [-0.25, -0.2) is 0 Å². The van der Waals surface area contributed by atoms with Crippen LogP contribution in [0.4, 0.5) is 0 Å². The highest BCUT2D eigenvalue weighted by Crippen LogP contribution is 2.39. The van der Waals surface area contributed by atoms with Crippen molar-refractivity contribution in [3.8, 4) is 22.4 Å². The second-order valence-corrected chi connectivity index (χ2v) is 7.11. The summed E-state index contributed by atoms with van der Waals surface area (Å²) in [5, 5.41) is 8.10. The van der Waals surface area contributed by atoms with Gasteiger partial charge in [0, 0.05) is 36.1 Å². The molecule has 4 nitrogen and oxygen atoms in total. The highest BCUT2D eigenvalue weighted by molar-refractivity contribution is 5.89. The smallest absolute Gasteiger partial charge is 0.0963 e. The van der Waals surface area contributed by atoms with Gasteiger partial charge < -0.3 is 0 Å². The molecule has 0 amide bonds. The minimum Gasteiger partial charge on any atom is -0.297 e. The van der Waals surface area contributed by atoms with Gasteiger partial charge >= 0.3 is 0 Å². The van der Waals surface area contributed by atoms with Crippen LogP contribution in [0.1, 0.15) is 25.0 Å². The summed E-state index contributed by atoms with van der Waals surface area (Å²) in [4.78, 5) is 6.79. The van der Waals surface area contributed by atoms with Crippen LogP contribution in [0, 0.1) is 0 Å². The third-order valence-electron chi connectivity index (χ3n) is 5.58. The Hall–Kier alpha value is -2.72. The molecular weight excluding hydrogens is 320 g/mol. The van der Waals surface area contributed by atoms with Crippen molar-refractivity contribution < 1.29 is 0 Å². The van der Waals surface area contributed by atoms with E-state index in [2.05, 4.69) is 57.5 Å². The lowest BCUT2D eigenvalue weighted by Crippen LogP contribution is -2.32. The van der Waals surface area contributed by atoms with Crippen LogP contribution < -0.4 is 0 Å². The standard InChI is InChI=1S/C22H22N4/c1-2-5-17(6-3-1)21-20(16-8-11-23-12-9-16)22(25-24-21)18-10-14-26-13-4-7-19(26)15-18/h1-3,5-6,8-9,11-12,15,19H,4,7,10,13-14H2,(H,24,25). The van der Waals surface area contributed by atoms with Crippen LogP contribution in [0.25, 0.3) is 28.0 Å². The first-order valence-corrected chi connectivity index (χ1v) is 9.39. The molecule has 0 radical (unpaired) electrons. The first kappa shape index (κ1) is 15.5. The lowest BCUT2D eigenvalue weighted by molar-refractivity contribution is 0.287. The number of aromatic nitrogens is 3. The lowest BCUT2D eigenvalue weighted by Gasteiger charge is -2.28. The van der Waals surface area contributed by atoms with Crippen LogP contribution >= 0.6 is 0 Å². The maximum absolute atomic E-state index is 4.77. The number of hydrogen-bond acceptors (Lipinski definition) is 3. The molecule has 3 aromatic rings. The average molecular weight is 342 g/mol. The number of pyridine rings is 1. The summed E-state index contributed by atoms with van der Waals surface area (Å²) in [6.07, 6.45) is 9.80. The molecule has 2 aromatic heterocycles. The third kappa shape index (κ3) is 2.67. The predicted molar refractivity (Wildman–Crippen MR) is 104 cm³/mol. The Kier molecular flexibility index (Phi) is 3.91. The van der Waals surface area contributed by atoms with E-state index in [0.717, 1.165) is 35.5 Å². The van der Waals surface area contributed by atoms with Crippen LogP contribution in [0.5, 0.6) is 0 Å². The highest BCUT2D eigenvalue weighted by Gasteiger charge is 2.29. The van der Waals surface area contributed by atoms with Crippen molar-refractivity contribution in [2.24, 2.45) is 0 Å². The Labute approximate surface area is 153 Å². The monoisotopic (exact) mass is 342 g/mol. The molecule has 4 heteroatoms. The first-order valence-electron chi connectivity index (χ1n) is 9.39. The molecule has 1 saturated heterocycles. The van der Waals surface area contributed by atoms with Gasteiger partial charge in [-0.3, -0.25) is 15.0 Å². The fourth-order valence-corrected chi connectivity index (χ4v) is 4.28. The van der Waals surface area contributed by atoms with Gasteiger partial charge in [-0.2, -0.15) is 5.10 Å². The lowest BCUT2D eigenvalue weighted by atomic mass is 9.92. The Morgan fingerprint density at radius 3 is 2.65 bits per heavy atom. The number of nitrogens with one attached hydrogen (secondary N) is 1. The third-order valence-corrected chi connectivity index (χ3v) is 5.58. The van der Waals surface area contributed by atoms with Gasteiger partial charge in [-0.15, -0.1) is 0 Å². The molecular formula is C22H22N4. The molecule has 2 aliphatic heterocycles. The largest absolute Gasteiger partial charge is 0.297 e. The van der Waals surface area contributed by atoms with Gasteiger partial charge in [0.05, 0.1) is 11.4 Å². The van der Waals surface area contributed by atoms with Crippen molar-refractivity contribution in [1.29, 1.82) is 0 Å². The number of rotatable bonds is 3. The molecule has 1 atom stereocenters. The number of hydrogen-bond donors (Lipinski definition) is 1. The minimum absolute atomic E-state index is 0.584. The van der Waals surface area contributed by atoms with Gasteiger partial charge in [0.25, 0.3) is 0 Å². The van der Waals surface area contributed by atoms with Crippen LogP contribution in [0.15, 0.2) is 60.9 Å². The van der Waals surface area contributed by atoms with E-state index in [1.54, 1.807) is 0 Å². The zero-order valence-electron chi connectivity index (χ0n) is 14.7. The van der Waals surface area contributed by atoms with Crippen molar-refractivity contribution in [3.05, 3.63) is 66.6 Å². The van der Waals surface area contributed by atoms with Gasteiger partial charge in [-0.05, 0) is 49.1 Å². The van der Waals surface area contributed by atoms with E-state index in [-0.39, 0.29) is 0 Å². The van der Waals surface area contributed by atoms with Crippen LogP contribution in [0.3, 0.4) is 0 Å². The molecule has 1 N–H and O–H groups in total. The van der Waals surface area contributed by atoms with Gasteiger partial charge in [0.15, 0.2) is 0 Å². The van der Waals surface area contributed by atoms with Crippen molar-refractivity contribution in [2.75, 3.05) is 13.1 Å². The predicted octanol–water partition coefficient (Wildman–Crippen LogP) is 4.39. The molecule has 1 fully saturated rings. The van der Waals surface area contributed by atoms with E-state index in [1.807, 2.05) is 18.5 Å². The summed E-state index contributed by atoms with van der Waals surface area (Å²) in [6.45, 7) is 2.38. The molecule has 130 valence electrons. The number of aromatic amines is 1. The molecule has 2 aliphatic rings. The van der Waals surface area contributed by atoms with Gasteiger partial charge in [0.2, 0.25) is 0 Å². The minimum atomic E-state index is 0.584. The number of fused-ring (bicyclic) bond motifs is 1. The molecule has 0 spiro atoms. The van der Waals surface area contributed by atoms with E-state index in [1.165, 1.54) is 30.5 Å². The summed E-state index contributed by atoms with van der Waals surface area (Å²) < 4.78 is 0. The Morgan fingerprint density at radius 1 is 0.962 bits per heavy atom. The average Bonchev–Trinajstić information content (AvgIpc) is 3.35. The van der Waals surface area contributed by atoms with E-state index in [4.69, 9.17) is 5.10 Å². The fourth-order valence-electron chi connectivity index (χ4n) is 4.28. The van der Waals surface area contributed by atoms with Gasteiger partial charge in [-0.1, -0.05) is 36.4 Å². The topological polar surface area (TPSA) is 44.8 Å². The van der Waals surface area contributed by atoms with E-state index < -0.39 is 0 Å². The van der Waals surface area contributed by atoms with E-state index in [9.17, 15) is 0 Å². The van der Waals surface area contributed by atoms with E-state index in [0.29, 0.717) is 6.04 Å². The quantitative estimate of drug-likeness (QED) is 0.768. The van der Waals surface area contributed by atoms with Crippen molar-refractivity contribution in [2.45, 2.75) is 25.3 Å². The number of H-pyrrole nitrogens is 1. The summed E-state index contributed by atoms with van der Waals surface area (Å²) in [7, 11) is 0. The van der Waals surface area contributed by atoms with Crippen molar-refractivity contribution in [1.82, 2.24) is 20.1 Å². The summed E-state index contributed by atoms with van der Waals surface area (Å²) in [5.74, 6) is 0. The highest BCUT2D eigenvalue weighted by atomic mass is 15.2. The number of nitrogens with zero attached hydrogens (tertiary/aromatic N) is 3. The van der Waals surface area contributed by atoms with E-state index >= 15 is 0 Å². The summed E-state index contributed by atoms with van der Waals surface area (Å²) in [5.41, 5.74) is 7.08. The normalized spacial score (nSPS) is 20.0. The number of benzene rings is 1. The second kappa shape index (κ2) is 6.54. The Morgan fingerprint density at radius 2 is 1.81 bits per heavy atom. The molecule has 0 aliphatic carbocycles. The summed E-state index contributed by atoms with van der Waals surface area (Å²) in [6, 6.07) is 15.2. The molecule has 1 unspecified atom stereocenters. The van der Waals surface area contributed by atoms with Gasteiger partial charge in [0.1, 0.15) is 0 Å². The first-order chi connectivity index (χ1) is 12.9. The second-order valence-electron chi connectivity index (χ2n) is 7.11. The maximum atomic E-state index is 4.77. The molecule has 5 rings (SSSR count). The molecule has 4 heterocycles. The van der Waals surface area contributed by atoms with Crippen molar-refractivity contribution in [3.63, 3.8) is 0 Å². The zero-order valence-corrected chi connectivity index (χ0v) is 14.7. The Balaban J connectivity index is 1.66. The van der Waals surface area contributed by atoms with Crippen LogP contribution in [0.2, 0.25) is 0 Å². The Bertz CT molecular complexity index is 927. The fraction of sp³-hybridized carbons (Fsp3) is 0.273. The molecule has 26 heavy (non-hydrogen) atoms. The SMILES string of the molecule is C1=C(c2n[nH]c(-c3ccccc3)c2-c2ccncc2)CCN2CCCC12. The maximum Gasteiger partial charge on any atom is 0.0963 e. The molecule has 0 saturated carbocycles. The zero-order chi connectivity index (χ0) is 17.3. The summed E-state index contributed by atoms with van der Waals surface area (Å²) >= 11 is 0. The molecule has 0 bridgehead atoms. The molecule has 1 aromatic carbocycles.